The lowest BCUT2D eigenvalue weighted by atomic mass is 9.87. The zero-order chi connectivity index (χ0) is 33.2. The number of carbonyl (C=O) groups is 2. The van der Waals surface area contributed by atoms with Crippen molar-refractivity contribution in [1.82, 2.24) is 4.90 Å². The van der Waals surface area contributed by atoms with E-state index in [1.807, 2.05) is 97.0 Å². The Balaban J connectivity index is 2.05. The number of rotatable bonds is 11. The standard InChI is InChI=1S/C39H52N2O4/c1-10-11-12-14-29(2)34(15-13-28-44-36(42)38(3,4)5)35(31-18-22-33(23-19-31)45-37(43)39(6,7)8)30-16-20-32(21-17-30)41-26-24-40(9)25-27-41/h10-12,14,16-23H,2,13,15,24-28H2,1,3-9H3/b11-10-,14-12-,35-34+. The number of piperazine rings is 1. The fourth-order valence-electron chi connectivity index (χ4n) is 4.83. The summed E-state index contributed by atoms with van der Waals surface area (Å²) in [5.41, 5.74) is 5.10. The Morgan fingerprint density at radius 2 is 1.38 bits per heavy atom. The average molecular weight is 613 g/mol. The summed E-state index contributed by atoms with van der Waals surface area (Å²) in [5, 5.41) is 0. The van der Waals surface area contributed by atoms with Crippen molar-refractivity contribution in [2.75, 3.05) is 44.7 Å². The van der Waals surface area contributed by atoms with Crippen molar-refractivity contribution in [3.63, 3.8) is 0 Å². The van der Waals surface area contributed by atoms with Gasteiger partial charge in [-0.3, -0.25) is 9.59 Å². The maximum atomic E-state index is 12.5. The van der Waals surface area contributed by atoms with Gasteiger partial charge in [0, 0.05) is 31.9 Å². The molecule has 1 heterocycles. The average Bonchev–Trinajstić information content (AvgIpc) is 2.99. The van der Waals surface area contributed by atoms with E-state index in [-0.39, 0.29) is 11.9 Å². The lowest BCUT2D eigenvalue weighted by molar-refractivity contribution is -0.153. The van der Waals surface area contributed by atoms with Crippen molar-refractivity contribution < 1.29 is 19.1 Å². The van der Waals surface area contributed by atoms with Gasteiger partial charge < -0.3 is 19.3 Å². The summed E-state index contributed by atoms with van der Waals surface area (Å²) in [5.74, 6) is 0.0179. The predicted octanol–water partition coefficient (Wildman–Crippen LogP) is 8.25. The Labute approximate surface area is 271 Å². The van der Waals surface area contributed by atoms with E-state index in [0.29, 0.717) is 25.2 Å². The molecule has 0 radical (unpaired) electrons. The van der Waals surface area contributed by atoms with E-state index < -0.39 is 10.8 Å². The van der Waals surface area contributed by atoms with Crippen LogP contribution in [-0.4, -0.2) is 56.7 Å². The fraction of sp³-hybridized carbons (Fsp3) is 0.436. The van der Waals surface area contributed by atoms with Gasteiger partial charge in [-0.25, -0.2) is 0 Å². The molecule has 0 N–H and O–H groups in total. The first kappa shape index (κ1) is 35.6. The monoisotopic (exact) mass is 612 g/mol. The van der Waals surface area contributed by atoms with Gasteiger partial charge in [-0.05, 0) is 120 Å². The molecule has 2 aromatic carbocycles. The molecule has 0 unspecified atom stereocenters. The molecule has 0 spiro atoms. The van der Waals surface area contributed by atoms with E-state index in [1.165, 1.54) is 5.69 Å². The summed E-state index contributed by atoms with van der Waals surface area (Å²) < 4.78 is 11.3. The fourth-order valence-corrected chi connectivity index (χ4v) is 4.83. The quantitative estimate of drug-likeness (QED) is 0.110. The summed E-state index contributed by atoms with van der Waals surface area (Å²) in [4.78, 5) is 29.7. The number of esters is 2. The summed E-state index contributed by atoms with van der Waals surface area (Å²) in [6.45, 7) is 22.0. The van der Waals surface area contributed by atoms with Crippen LogP contribution in [0.25, 0.3) is 5.57 Å². The van der Waals surface area contributed by atoms with E-state index in [4.69, 9.17) is 9.47 Å². The van der Waals surface area contributed by atoms with E-state index in [2.05, 4.69) is 47.7 Å². The maximum absolute atomic E-state index is 12.5. The Morgan fingerprint density at radius 1 is 0.822 bits per heavy atom. The number of benzene rings is 2. The van der Waals surface area contributed by atoms with Crippen LogP contribution in [0, 0.1) is 10.8 Å². The van der Waals surface area contributed by atoms with Crippen LogP contribution < -0.4 is 9.64 Å². The van der Waals surface area contributed by atoms with Crippen LogP contribution in [-0.2, 0) is 14.3 Å². The second-order valence-electron chi connectivity index (χ2n) is 13.8. The van der Waals surface area contributed by atoms with E-state index in [9.17, 15) is 9.59 Å². The van der Waals surface area contributed by atoms with Crippen LogP contribution >= 0.6 is 0 Å². The molecule has 0 aromatic heterocycles. The van der Waals surface area contributed by atoms with Gasteiger partial charge in [0.05, 0.1) is 17.4 Å². The lowest BCUT2D eigenvalue weighted by Gasteiger charge is -2.34. The molecule has 6 nitrogen and oxygen atoms in total. The Morgan fingerprint density at radius 3 is 1.91 bits per heavy atom. The van der Waals surface area contributed by atoms with Gasteiger partial charge in [-0.2, -0.15) is 0 Å². The number of hydrogen-bond acceptors (Lipinski definition) is 6. The van der Waals surface area contributed by atoms with Gasteiger partial charge in [0.1, 0.15) is 5.75 Å². The van der Waals surface area contributed by atoms with Crippen LogP contribution in [0.1, 0.15) is 72.4 Å². The van der Waals surface area contributed by atoms with E-state index in [1.54, 1.807) is 0 Å². The van der Waals surface area contributed by atoms with Crippen molar-refractivity contribution in [1.29, 1.82) is 0 Å². The highest BCUT2D eigenvalue weighted by molar-refractivity contribution is 5.86. The zero-order valence-electron chi connectivity index (χ0n) is 28.6. The third-order valence-corrected chi connectivity index (χ3v) is 7.70. The molecular weight excluding hydrogens is 560 g/mol. The number of nitrogens with zero attached hydrogens (tertiary/aromatic N) is 2. The molecule has 45 heavy (non-hydrogen) atoms. The molecule has 1 aliphatic heterocycles. The molecular formula is C39H52N2O4. The first-order valence-electron chi connectivity index (χ1n) is 16.0. The van der Waals surface area contributed by atoms with Crippen molar-refractivity contribution in [3.8, 4) is 5.75 Å². The second-order valence-corrected chi connectivity index (χ2v) is 13.8. The summed E-state index contributed by atoms with van der Waals surface area (Å²) >= 11 is 0. The molecule has 1 aliphatic rings. The second kappa shape index (κ2) is 15.9. The topological polar surface area (TPSA) is 59.1 Å². The number of allylic oxidation sites excluding steroid dienone is 6. The number of likely N-dealkylation sites (N-methyl/N-ethyl adjacent to an activating group) is 1. The van der Waals surface area contributed by atoms with Crippen LogP contribution in [0.2, 0.25) is 0 Å². The molecule has 1 saturated heterocycles. The maximum Gasteiger partial charge on any atom is 0.316 e. The lowest BCUT2D eigenvalue weighted by Crippen LogP contribution is -2.44. The van der Waals surface area contributed by atoms with Crippen molar-refractivity contribution in [3.05, 3.63) is 102 Å². The minimum Gasteiger partial charge on any atom is -0.465 e. The van der Waals surface area contributed by atoms with Gasteiger partial charge in [0.2, 0.25) is 0 Å². The third kappa shape index (κ3) is 10.6. The zero-order valence-corrected chi connectivity index (χ0v) is 28.6. The van der Waals surface area contributed by atoms with Gasteiger partial charge in [0.25, 0.3) is 0 Å². The molecule has 1 fully saturated rings. The molecule has 0 atom stereocenters. The van der Waals surface area contributed by atoms with Crippen molar-refractivity contribution in [2.24, 2.45) is 10.8 Å². The summed E-state index contributed by atoms with van der Waals surface area (Å²) in [6.07, 6.45) is 9.29. The van der Waals surface area contributed by atoms with Crippen LogP contribution in [0.3, 0.4) is 0 Å². The molecule has 0 aliphatic carbocycles. The van der Waals surface area contributed by atoms with Crippen LogP contribution in [0.5, 0.6) is 5.75 Å². The number of anilines is 1. The molecule has 2 aromatic rings. The number of carbonyl (C=O) groups excluding carboxylic acids is 2. The number of hydrogen-bond donors (Lipinski definition) is 0. The summed E-state index contributed by atoms with van der Waals surface area (Å²) in [6, 6.07) is 16.4. The van der Waals surface area contributed by atoms with Crippen LogP contribution in [0.4, 0.5) is 5.69 Å². The molecule has 0 amide bonds. The number of ether oxygens (including phenoxy) is 2. The van der Waals surface area contributed by atoms with E-state index in [0.717, 1.165) is 54.0 Å². The molecule has 0 saturated carbocycles. The van der Waals surface area contributed by atoms with Gasteiger partial charge in [-0.15, -0.1) is 0 Å². The Hall–Kier alpha value is -3.90. The first-order valence-corrected chi connectivity index (χ1v) is 16.0. The third-order valence-electron chi connectivity index (χ3n) is 7.70. The normalized spacial score (nSPS) is 15.3. The highest BCUT2D eigenvalue weighted by Gasteiger charge is 2.25. The van der Waals surface area contributed by atoms with Gasteiger partial charge >= 0.3 is 11.9 Å². The van der Waals surface area contributed by atoms with E-state index >= 15 is 0 Å². The molecule has 3 rings (SSSR count). The SMILES string of the molecule is C=C(/C=C\C=C/C)/C(CCCOC(=O)C(C)(C)C)=C(/c1ccc(OC(=O)C(C)(C)C)cc1)c1ccc(N2CCN(C)CC2)cc1. The first-order chi connectivity index (χ1) is 21.2. The molecule has 6 heteroatoms. The smallest absolute Gasteiger partial charge is 0.316 e. The van der Waals surface area contributed by atoms with Crippen molar-refractivity contribution in [2.45, 2.75) is 61.3 Å². The Bertz CT molecular complexity index is 1390. The minimum absolute atomic E-state index is 0.208. The largest absolute Gasteiger partial charge is 0.465 e. The van der Waals surface area contributed by atoms with Gasteiger partial charge in [0.15, 0.2) is 0 Å². The van der Waals surface area contributed by atoms with Crippen molar-refractivity contribution >= 4 is 23.2 Å². The van der Waals surface area contributed by atoms with Gasteiger partial charge in [-0.1, -0.05) is 55.1 Å². The molecule has 242 valence electrons. The predicted molar refractivity (Wildman–Crippen MR) is 186 cm³/mol. The highest BCUT2D eigenvalue weighted by Crippen LogP contribution is 2.35. The molecule has 0 bridgehead atoms. The van der Waals surface area contributed by atoms with Crippen LogP contribution in [0.15, 0.2) is 90.6 Å². The highest BCUT2D eigenvalue weighted by atomic mass is 16.5. The summed E-state index contributed by atoms with van der Waals surface area (Å²) in [7, 11) is 2.16. The minimum atomic E-state index is -0.601. The Kier molecular flexibility index (Phi) is 12.6.